The van der Waals surface area contributed by atoms with Gasteiger partial charge in [0.15, 0.2) is 0 Å². The number of halogens is 1. The molecule has 3 saturated heterocycles. The summed E-state index contributed by atoms with van der Waals surface area (Å²) in [6.45, 7) is 6.04. The molecule has 0 N–H and O–H groups in total. The molecule has 164 valence electrons. The molecular formula is C27H27ClN2O2. The molecule has 5 heteroatoms. The van der Waals surface area contributed by atoms with E-state index in [9.17, 15) is 4.79 Å². The summed E-state index contributed by atoms with van der Waals surface area (Å²) in [4.78, 5) is 20.1. The highest BCUT2D eigenvalue weighted by atomic mass is 35.5. The zero-order valence-corrected chi connectivity index (χ0v) is 18.7. The Morgan fingerprint density at radius 1 is 1.22 bits per heavy atom. The van der Waals surface area contributed by atoms with E-state index < -0.39 is 0 Å². The lowest BCUT2D eigenvalue weighted by Gasteiger charge is -2.51. The van der Waals surface area contributed by atoms with E-state index in [0.717, 1.165) is 41.5 Å². The van der Waals surface area contributed by atoms with Gasteiger partial charge in [-0.25, -0.2) is 0 Å². The molecule has 3 fully saturated rings. The molecule has 5 atom stereocenters. The van der Waals surface area contributed by atoms with Gasteiger partial charge in [-0.1, -0.05) is 54.1 Å². The van der Waals surface area contributed by atoms with Gasteiger partial charge in [-0.15, -0.1) is 6.58 Å². The lowest BCUT2D eigenvalue weighted by molar-refractivity contribution is -0.156. The molecule has 0 spiro atoms. The Morgan fingerprint density at radius 2 is 2.03 bits per heavy atom. The van der Waals surface area contributed by atoms with Crippen molar-refractivity contribution in [3.05, 3.63) is 89.6 Å². The quantitative estimate of drug-likeness (QED) is 0.364. The second-order valence-electron chi connectivity index (χ2n) is 8.84. The highest BCUT2D eigenvalue weighted by Gasteiger charge is 2.44. The van der Waals surface area contributed by atoms with Crippen LogP contribution >= 0.6 is 11.6 Å². The molecule has 3 aromatic rings. The van der Waals surface area contributed by atoms with E-state index in [1.807, 2.05) is 48.7 Å². The Morgan fingerprint density at radius 3 is 2.81 bits per heavy atom. The van der Waals surface area contributed by atoms with Crippen molar-refractivity contribution < 1.29 is 9.53 Å². The summed E-state index contributed by atoms with van der Waals surface area (Å²) >= 11 is 6.30. The number of piperidine rings is 3. The monoisotopic (exact) mass is 446 g/mol. The van der Waals surface area contributed by atoms with E-state index in [4.69, 9.17) is 16.3 Å². The fraction of sp³-hybridized carbons (Fsp3) is 0.333. The number of fused-ring (bicyclic) bond motifs is 4. The first-order chi connectivity index (χ1) is 15.6. The van der Waals surface area contributed by atoms with Crippen molar-refractivity contribution in [1.82, 2.24) is 9.88 Å². The Labute approximate surface area is 193 Å². The van der Waals surface area contributed by atoms with Crippen molar-refractivity contribution in [2.75, 3.05) is 13.1 Å². The largest absolute Gasteiger partial charge is 0.456 e. The summed E-state index contributed by atoms with van der Waals surface area (Å²) in [6.07, 6.45) is 5.88. The first kappa shape index (κ1) is 21.2. The Balaban J connectivity index is 1.49. The van der Waals surface area contributed by atoms with Crippen LogP contribution in [0.5, 0.6) is 0 Å². The molecule has 0 amide bonds. The highest BCUT2D eigenvalue weighted by Crippen LogP contribution is 2.43. The fourth-order valence-electron chi connectivity index (χ4n) is 5.39. The predicted molar refractivity (Wildman–Crippen MR) is 128 cm³/mol. The molecule has 2 bridgehead atoms. The second-order valence-corrected chi connectivity index (χ2v) is 9.25. The molecule has 3 aliphatic heterocycles. The van der Waals surface area contributed by atoms with Crippen molar-refractivity contribution in [2.24, 2.45) is 11.8 Å². The molecule has 1 aromatic heterocycles. The summed E-state index contributed by atoms with van der Waals surface area (Å²) in [5.74, 6) is 0.834. The van der Waals surface area contributed by atoms with Crippen molar-refractivity contribution in [3.8, 4) is 0 Å². The van der Waals surface area contributed by atoms with Crippen LogP contribution in [0.1, 0.15) is 30.1 Å². The molecule has 4 heterocycles. The number of hydrogen-bond donors (Lipinski definition) is 0. The van der Waals surface area contributed by atoms with E-state index >= 15 is 0 Å². The van der Waals surface area contributed by atoms with Crippen molar-refractivity contribution in [3.63, 3.8) is 0 Å². The van der Waals surface area contributed by atoms with E-state index in [1.54, 1.807) is 6.07 Å². The average Bonchev–Trinajstić information content (AvgIpc) is 2.84. The standard InChI is InChI=1S/C27H27ClN2O2/c1-2-18-17-30-14-12-19(18)15-25(30)27(22-11-13-29-24-10-6-4-8-21(22)24)32-26(31)16-20-7-3-5-9-23(20)28/h2-11,13,18-19,25,27H,1,12,14-17H2. The Bertz CT molecular complexity index is 1140. The number of para-hydroxylation sites is 1. The molecule has 6 rings (SSSR count). The van der Waals surface area contributed by atoms with Crippen LogP contribution in [0, 0.1) is 11.8 Å². The van der Waals surface area contributed by atoms with Crippen LogP contribution in [0.3, 0.4) is 0 Å². The van der Waals surface area contributed by atoms with E-state index in [1.165, 1.54) is 6.42 Å². The van der Waals surface area contributed by atoms with Gasteiger partial charge in [0, 0.05) is 28.7 Å². The number of rotatable bonds is 6. The maximum Gasteiger partial charge on any atom is 0.310 e. The van der Waals surface area contributed by atoms with Crippen molar-refractivity contribution >= 4 is 28.5 Å². The maximum absolute atomic E-state index is 13.1. The van der Waals surface area contributed by atoms with Gasteiger partial charge in [0.25, 0.3) is 0 Å². The number of ether oxygens (including phenoxy) is 1. The number of esters is 1. The fourth-order valence-corrected chi connectivity index (χ4v) is 5.59. The van der Waals surface area contributed by atoms with Crippen LogP contribution in [0.4, 0.5) is 0 Å². The Hall–Kier alpha value is -2.69. The van der Waals surface area contributed by atoms with E-state index in [-0.39, 0.29) is 24.5 Å². The van der Waals surface area contributed by atoms with Gasteiger partial charge in [-0.05, 0) is 55.0 Å². The first-order valence-electron chi connectivity index (χ1n) is 11.3. The number of carbonyl (C=O) groups is 1. The van der Waals surface area contributed by atoms with Crippen LogP contribution in [-0.4, -0.2) is 35.0 Å². The average molecular weight is 447 g/mol. The maximum atomic E-state index is 13.1. The number of nitrogens with zero attached hydrogens (tertiary/aromatic N) is 2. The number of carbonyl (C=O) groups excluding carboxylic acids is 1. The predicted octanol–water partition coefficient (Wildman–Crippen LogP) is 5.61. The minimum absolute atomic E-state index is 0.144. The topological polar surface area (TPSA) is 42.4 Å². The van der Waals surface area contributed by atoms with Crippen molar-refractivity contribution in [2.45, 2.75) is 31.4 Å². The number of aromatic nitrogens is 1. The molecule has 0 saturated carbocycles. The molecule has 32 heavy (non-hydrogen) atoms. The zero-order chi connectivity index (χ0) is 22.1. The summed E-state index contributed by atoms with van der Waals surface area (Å²) in [5, 5.41) is 1.62. The third kappa shape index (κ3) is 4.05. The van der Waals surface area contributed by atoms with Gasteiger partial charge in [0.05, 0.1) is 18.0 Å². The minimum Gasteiger partial charge on any atom is -0.456 e. The van der Waals surface area contributed by atoms with Crippen LogP contribution in [0.15, 0.2) is 73.4 Å². The first-order valence-corrected chi connectivity index (χ1v) is 11.6. The lowest BCUT2D eigenvalue weighted by Crippen LogP contribution is -2.55. The summed E-state index contributed by atoms with van der Waals surface area (Å²) in [6, 6.07) is 17.7. The summed E-state index contributed by atoms with van der Waals surface area (Å²) < 4.78 is 6.27. The molecule has 5 unspecified atom stereocenters. The molecule has 0 radical (unpaired) electrons. The summed E-state index contributed by atoms with van der Waals surface area (Å²) in [7, 11) is 0. The normalized spacial score (nSPS) is 25.4. The van der Waals surface area contributed by atoms with E-state index in [2.05, 4.69) is 28.6 Å². The summed E-state index contributed by atoms with van der Waals surface area (Å²) in [5.41, 5.74) is 2.72. The molecule has 4 nitrogen and oxygen atoms in total. The van der Waals surface area contributed by atoms with Gasteiger partial charge in [0.1, 0.15) is 6.10 Å². The lowest BCUT2D eigenvalue weighted by atomic mass is 9.73. The van der Waals surface area contributed by atoms with Gasteiger partial charge in [-0.3, -0.25) is 14.7 Å². The molecule has 0 aliphatic carbocycles. The third-order valence-electron chi connectivity index (χ3n) is 7.04. The van der Waals surface area contributed by atoms with Gasteiger partial charge in [0.2, 0.25) is 0 Å². The van der Waals surface area contributed by atoms with Crippen molar-refractivity contribution in [1.29, 1.82) is 0 Å². The van der Waals surface area contributed by atoms with Gasteiger partial charge in [-0.2, -0.15) is 0 Å². The smallest absolute Gasteiger partial charge is 0.310 e. The van der Waals surface area contributed by atoms with E-state index in [0.29, 0.717) is 16.9 Å². The zero-order valence-electron chi connectivity index (χ0n) is 18.0. The highest BCUT2D eigenvalue weighted by molar-refractivity contribution is 6.31. The minimum atomic E-state index is -0.355. The Kier molecular flexibility index (Phi) is 5.99. The SMILES string of the molecule is C=CC1CN2CCC1CC2C(OC(=O)Cc1ccccc1Cl)c1ccnc2ccccc12. The van der Waals surface area contributed by atoms with Crippen LogP contribution < -0.4 is 0 Å². The van der Waals surface area contributed by atoms with Crippen LogP contribution in [0.2, 0.25) is 5.02 Å². The third-order valence-corrected chi connectivity index (χ3v) is 7.41. The molecular weight excluding hydrogens is 420 g/mol. The molecule has 2 aromatic carbocycles. The van der Waals surface area contributed by atoms with Gasteiger partial charge < -0.3 is 4.74 Å². The number of benzene rings is 2. The van der Waals surface area contributed by atoms with Crippen LogP contribution in [-0.2, 0) is 16.0 Å². The van der Waals surface area contributed by atoms with Crippen LogP contribution in [0.25, 0.3) is 10.9 Å². The number of pyridine rings is 1. The second kappa shape index (κ2) is 9.05. The number of hydrogen-bond acceptors (Lipinski definition) is 4. The molecule has 3 aliphatic rings. The van der Waals surface area contributed by atoms with Gasteiger partial charge >= 0.3 is 5.97 Å².